The lowest BCUT2D eigenvalue weighted by molar-refractivity contribution is 0.107. The van der Waals surface area contributed by atoms with Gasteiger partial charge in [0.15, 0.2) is 11.5 Å². The second-order valence-corrected chi connectivity index (χ2v) is 3.58. The number of benzene rings is 1. The van der Waals surface area contributed by atoms with Crippen molar-refractivity contribution in [1.82, 2.24) is 0 Å². The van der Waals surface area contributed by atoms with Gasteiger partial charge in [-0.05, 0) is 39.0 Å². The van der Waals surface area contributed by atoms with Crippen LogP contribution in [0.2, 0.25) is 0 Å². The molecule has 0 saturated heterocycles. The van der Waals surface area contributed by atoms with Crippen LogP contribution in [0.4, 0.5) is 0 Å². The molecule has 3 heteroatoms. The van der Waals surface area contributed by atoms with Crippen LogP contribution < -0.4 is 9.47 Å². The smallest absolute Gasteiger partial charge is 0.162 e. The number of hydrogen-bond acceptors (Lipinski definition) is 3. The highest BCUT2D eigenvalue weighted by atomic mass is 16.5. The maximum Gasteiger partial charge on any atom is 0.162 e. The predicted molar refractivity (Wildman–Crippen MR) is 63.0 cm³/mol. The molecule has 0 bridgehead atoms. The molecule has 0 N–H and O–H groups in total. The summed E-state index contributed by atoms with van der Waals surface area (Å²) in [6, 6.07) is 8.42. The van der Waals surface area contributed by atoms with Crippen LogP contribution in [0.25, 0.3) is 0 Å². The van der Waals surface area contributed by atoms with E-state index in [9.17, 15) is 0 Å². The summed E-state index contributed by atoms with van der Waals surface area (Å²) in [4.78, 5) is 0. The number of rotatable bonds is 7. The van der Waals surface area contributed by atoms with Crippen LogP contribution in [0.15, 0.2) is 18.2 Å². The zero-order chi connectivity index (χ0) is 11.8. The highest BCUT2D eigenvalue weighted by molar-refractivity contribution is 5.39. The van der Waals surface area contributed by atoms with Crippen molar-refractivity contribution in [2.75, 3.05) is 19.8 Å². The van der Waals surface area contributed by atoms with E-state index in [2.05, 4.69) is 6.07 Å². The number of hydrogen-bond donors (Lipinski definition) is 0. The average molecular weight is 223 g/mol. The molecule has 1 aromatic rings. The van der Waals surface area contributed by atoms with Gasteiger partial charge in [-0.2, -0.15) is 0 Å². The van der Waals surface area contributed by atoms with E-state index in [4.69, 9.17) is 14.2 Å². The third kappa shape index (κ3) is 4.53. The lowest BCUT2D eigenvalue weighted by Gasteiger charge is -2.14. The van der Waals surface area contributed by atoms with Gasteiger partial charge in [-0.3, -0.25) is 0 Å². The Morgan fingerprint density at radius 2 is 2.06 bits per heavy atom. The van der Waals surface area contributed by atoms with E-state index in [0.717, 1.165) is 11.5 Å². The van der Waals surface area contributed by atoms with Gasteiger partial charge in [0.1, 0.15) is 6.61 Å². The Hall–Kier alpha value is -1.22. The zero-order valence-electron chi connectivity index (χ0n) is 10.2. The Kier molecular flexibility index (Phi) is 5.72. The Morgan fingerprint density at radius 1 is 1.25 bits per heavy atom. The summed E-state index contributed by atoms with van der Waals surface area (Å²) in [6.07, 6.45) is 0.130. The molecule has 16 heavy (non-hydrogen) atoms. The van der Waals surface area contributed by atoms with E-state index < -0.39 is 0 Å². The predicted octanol–water partition coefficient (Wildman–Crippen LogP) is 2.69. The van der Waals surface area contributed by atoms with Gasteiger partial charge >= 0.3 is 0 Å². The van der Waals surface area contributed by atoms with Crippen molar-refractivity contribution in [2.45, 2.75) is 26.9 Å². The van der Waals surface area contributed by atoms with Gasteiger partial charge in [0.2, 0.25) is 0 Å². The second kappa shape index (κ2) is 7.12. The first-order valence-electron chi connectivity index (χ1n) is 5.61. The Bertz CT molecular complexity index is 297. The molecule has 0 atom stereocenters. The molecular weight excluding hydrogens is 204 g/mol. The molecular formula is C13H19O3. The topological polar surface area (TPSA) is 27.7 Å². The first-order valence-corrected chi connectivity index (χ1v) is 5.61. The molecule has 0 aliphatic carbocycles. The highest BCUT2D eigenvalue weighted by Gasteiger charge is 2.05. The third-order valence-corrected chi connectivity index (χ3v) is 1.84. The molecule has 89 valence electrons. The van der Waals surface area contributed by atoms with Crippen molar-refractivity contribution < 1.29 is 14.2 Å². The Labute approximate surface area is 97.3 Å². The molecule has 0 heterocycles. The van der Waals surface area contributed by atoms with Crippen molar-refractivity contribution in [2.24, 2.45) is 0 Å². The van der Waals surface area contributed by atoms with Crippen LogP contribution >= 0.6 is 0 Å². The summed E-state index contributed by atoms with van der Waals surface area (Å²) < 4.78 is 16.4. The van der Waals surface area contributed by atoms with E-state index in [1.807, 2.05) is 32.9 Å². The first-order chi connectivity index (χ1) is 7.74. The molecule has 0 unspecified atom stereocenters. The van der Waals surface area contributed by atoms with Crippen molar-refractivity contribution in [1.29, 1.82) is 0 Å². The minimum absolute atomic E-state index is 0.130. The number of ether oxygens (including phenoxy) is 3. The molecule has 0 spiro atoms. The second-order valence-electron chi connectivity index (χ2n) is 3.58. The molecule has 0 fully saturated rings. The van der Waals surface area contributed by atoms with E-state index in [-0.39, 0.29) is 6.10 Å². The standard InChI is InChI=1S/C13H19O3/c1-4-14-9-10-15-12-7-5-6-8-13(12)16-11(2)3/h5,7-8,11H,4,9-10H2,1-3H3. The summed E-state index contributed by atoms with van der Waals surface area (Å²) in [5.41, 5.74) is 0. The Morgan fingerprint density at radius 3 is 2.75 bits per heavy atom. The fraction of sp³-hybridized carbons (Fsp3) is 0.538. The van der Waals surface area contributed by atoms with Crippen LogP contribution in [-0.4, -0.2) is 25.9 Å². The van der Waals surface area contributed by atoms with E-state index in [0.29, 0.717) is 19.8 Å². The SMILES string of the molecule is CCOCCOc1cc[c]cc1OC(C)C. The van der Waals surface area contributed by atoms with Gasteiger partial charge in [-0.25, -0.2) is 0 Å². The van der Waals surface area contributed by atoms with Crippen LogP contribution in [0.1, 0.15) is 20.8 Å². The maximum absolute atomic E-state index is 5.61. The van der Waals surface area contributed by atoms with E-state index >= 15 is 0 Å². The lowest BCUT2D eigenvalue weighted by Crippen LogP contribution is -2.10. The summed E-state index contributed by atoms with van der Waals surface area (Å²) in [5, 5.41) is 0. The fourth-order valence-corrected chi connectivity index (χ4v) is 1.22. The quantitative estimate of drug-likeness (QED) is 0.665. The minimum atomic E-state index is 0.130. The van der Waals surface area contributed by atoms with Crippen LogP contribution in [0.3, 0.4) is 0 Å². The van der Waals surface area contributed by atoms with Gasteiger partial charge in [0, 0.05) is 6.61 Å². The molecule has 1 rings (SSSR count). The molecule has 0 amide bonds. The van der Waals surface area contributed by atoms with Crippen molar-refractivity contribution >= 4 is 0 Å². The monoisotopic (exact) mass is 223 g/mol. The molecule has 0 saturated carbocycles. The molecule has 0 aliphatic heterocycles. The molecule has 0 aromatic heterocycles. The van der Waals surface area contributed by atoms with Gasteiger partial charge < -0.3 is 14.2 Å². The van der Waals surface area contributed by atoms with Gasteiger partial charge in [0.05, 0.1) is 12.7 Å². The molecule has 1 radical (unpaired) electrons. The fourth-order valence-electron chi connectivity index (χ4n) is 1.22. The van der Waals surface area contributed by atoms with E-state index in [1.165, 1.54) is 0 Å². The average Bonchev–Trinajstić information content (AvgIpc) is 2.26. The molecule has 1 aromatic carbocycles. The van der Waals surface area contributed by atoms with Crippen LogP contribution in [0.5, 0.6) is 11.5 Å². The highest BCUT2D eigenvalue weighted by Crippen LogP contribution is 2.26. The van der Waals surface area contributed by atoms with E-state index in [1.54, 1.807) is 6.07 Å². The van der Waals surface area contributed by atoms with Crippen LogP contribution in [-0.2, 0) is 4.74 Å². The maximum atomic E-state index is 5.61. The summed E-state index contributed by atoms with van der Waals surface area (Å²) >= 11 is 0. The summed E-state index contributed by atoms with van der Waals surface area (Å²) in [5.74, 6) is 1.47. The normalized spacial score (nSPS) is 10.5. The minimum Gasteiger partial charge on any atom is -0.487 e. The summed E-state index contributed by atoms with van der Waals surface area (Å²) in [6.45, 7) is 7.77. The van der Waals surface area contributed by atoms with Gasteiger partial charge in [-0.1, -0.05) is 6.07 Å². The summed E-state index contributed by atoms with van der Waals surface area (Å²) in [7, 11) is 0. The van der Waals surface area contributed by atoms with Gasteiger partial charge in [0.25, 0.3) is 0 Å². The largest absolute Gasteiger partial charge is 0.487 e. The zero-order valence-corrected chi connectivity index (χ0v) is 10.2. The molecule has 3 nitrogen and oxygen atoms in total. The Balaban J connectivity index is 2.50. The van der Waals surface area contributed by atoms with Crippen molar-refractivity contribution in [3.8, 4) is 11.5 Å². The molecule has 0 aliphatic rings. The third-order valence-electron chi connectivity index (χ3n) is 1.84. The van der Waals surface area contributed by atoms with Crippen molar-refractivity contribution in [3.05, 3.63) is 24.3 Å². The van der Waals surface area contributed by atoms with Crippen LogP contribution in [0, 0.1) is 6.07 Å². The van der Waals surface area contributed by atoms with Gasteiger partial charge in [-0.15, -0.1) is 0 Å². The van der Waals surface area contributed by atoms with Crippen molar-refractivity contribution in [3.63, 3.8) is 0 Å². The first kappa shape index (κ1) is 12.8. The lowest BCUT2D eigenvalue weighted by atomic mass is 10.3.